The maximum Gasteiger partial charge on any atom is 0.276 e. The molecule has 2 heterocycles. The lowest BCUT2D eigenvalue weighted by molar-refractivity contribution is 0.324. The van der Waals surface area contributed by atoms with Gasteiger partial charge >= 0.3 is 0 Å². The molecule has 0 saturated carbocycles. The minimum absolute atomic E-state index is 0.341. The Bertz CT molecular complexity index is 1080. The standard InChI is InChI=1S/C22H23N3O5S2/c1-26-15-7-5-13(6-8-15)21-23-11-16(32-21)12-31-22-25-24-20(30-22)14-9-17(27-2)19(29-4)18(10-14)28-3/h5-10,16H,11-12H2,1-4H3. The first-order valence-corrected chi connectivity index (χ1v) is 11.6. The number of hydrogen-bond donors (Lipinski definition) is 0. The minimum Gasteiger partial charge on any atom is -0.497 e. The SMILES string of the molecule is COc1ccc(C2=NCC(CSc3nnc(-c4cc(OC)c(OC)c(OC)c4)o3)S2)cc1. The molecule has 1 aliphatic rings. The highest BCUT2D eigenvalue weighted by atomic mass is 32.2. The van der Waals surface area contributed by atoms with E-state index in [1.54, 1.807) is 52.3 Å². The molecule has 8 nitrogen and oxygen atoms in total. The largest absolute Gasteiger partial charge is 0.497 e. The van der Waals surface area contributed by atoms with Gasteiger partial charge in [0.15, 0.2) is 11.5 Å². The summed E-state index contributed by atoms with van der Waals surface area (Å²) in [5.74, 6) is 3.60. The van der Waals surface area contributed by atoms with Gasteiger partial charge in [0.1, 0.15) is 5.75 Å². The van der Waals surface area contributed by atoms with Crippen LogP contribution >= 0.6 is 23.5 Å². The molecule has 168 valence electrons. The molecule has 1 aromatic heterocycles. The van der Waals surface area contributed by atoms with Gasteiger partial charge in [0.25, 0.3) is 5.22 Å². The first-order chi connectivity index (χ1) is 15.6. The van der Waals surface area contributed by atoms with Crippen molar-refractivity contribution in [3.8, 4) is 34.5 Å². The van der Waals surface area contributed by atoms with Crippen molar-refractivity contribution in [2.45, 2.75) is 10.5 Å². The quantitative estimate of drug-likeness (QED) is 0.419. The average molecular weight is 474 g/mol. The van der Waals surface area contributed by atoms with E-state index < -0.39 is 0 Å². The molecule has 0 saturated heterocycles. The molecule has 1 aliphatic heterocycles. The number of methoxy groups -OCH3 is 4. The molecule has 0 amide bonds. The lowest BCUT2D eigenvalue weighted by atomic mass is 10.2. The molecule has 0 N–H and O–H groups in total. The summed E-state index contributed by atoms with van der Waals surface area (Å²) in [6, 6.07) is 11.5. The molecule has 0 radical (unpaired) electrons. The molecule has 0 fully saturated rings. The fourth-order valence-corrected chi connectivity index (χ4v) is 5.18. The number of hydrogen-bond acceptors (Lipinski definition) is 10. The van der Waals surface area contributed by atoms with Crippen LogP contribution in [0.15, 0.2) is 51.0 Å². The van der Waals surface area contributed by atoms with Crippen LogP contribution in [0.5, 0.6) is 23.0 Å². The van der Waals surface area contributed by atoms with Crippen molar-refractivity contribution in [3.63, 3.8) is 0 Å². The highest BCUT2D eigenvalue weighted by molar-refractivity contribution is 8.16. The van der Waals surface area contributed by atoms with Crippen LogP contribution in [0, 0.1) is 0 Å². The van der Waals surface area contributed by atoms with Gasteiger partial charge < -0.3 is 23.4 Å². The fraction of sp³-hybridized carbons (Fsp3) is 0.318. The molecule has 1 unspecified atom stereocenters. The predicted octanol–water partition coefficient (Wildman–Crippen LogP) is 4.43. The maximum absolute atomic E-state index is 5.87. The highest BCUT2D eigenvalue weighted by Crippen LogP contribution is 2.41. The Morgan fingerprint density at radius 3 is 2.28 bits per heavy atom. The third-order valence-corrected chi connectivity index (χ3v) is 7.19. The number of benzene rings is 2. The molecule has 32 heavy (non-hydrogen) atoms. The van der Waals surface area contributed by atoms with Crippen LogP contribution in [0.4, 0.5) is 0 Å². The third kappa shape index (κ3) is 4.81. The lowest BCUT2D eigenvalue weighted by Crippen LogP contribution is -2.06. The zero-order valence-corrected chi connectivity index (χ0v) is 19.8. The van der Waals surface area contributed by atoms with E-state index in [1.165, 1.54) is 11.8 Å². The predicted molar refractivity (Wildman–Crippen MR) is 126 cm³/mol. The van der Waals surface area contributed by atoms with Crippen molar-refractivity contribution < 1.29 is 23.4 Å². The van der Waals surface area contributed by atoms with Crippen molar-refractivity contribution in [2.75, 3.05) is 40.7 Å². The van der Waals surface area contributed by atoms with Crippen molar-refractivity contribution in [3.05, 3.63) is 42.0 Å². The van der Waals surface area contributed by atoms with Crippen LogP contribution in [-0.2, 0) is 0 Å². The van der Waals surface area contributed by atoms with Gasteiger partial charge in [0.2, 0.25) is 11.6 Å². The molecule has 4 rings (SSSR count). The second kappa shape index (κ2) is 10.2. The molecule has 2 aromatic carbocycles. The van der Waals surface area contributed by atoms with Crippen LogP contribution in [0.1, 0.15) is 5.56 Å². The molecule has 0 aliphatic carbocycles. The minimum atomic E-state index is 0.341. The number of thioether (sulfide) groups is 2. The monoisotopic (exact) mass is 473 g/mol. The molecule has 3 aromatic rings. The summed E-state index contributed by atoms with van der Waals surface area (Å²) in [4.78, 5) is 4.68. The van der Waals surface area contributed by atoms with Gasteiger partial charge in [0, 0.05) is 22.1 Å². The number of ether oxygens (including phenoxy) is 4. The summed E-state index contributed by atoms with van der Waals surface area (Å²) in [7, 11) is 6.36. The van der Waals surface area contributed by atoms with Gasteiger partial charge in [-0.3, -0.25) is 4.99 Å². The van der Waals surface area contributed by atoms with Gasteiger partial charge in [-0.2, -0.15) is 0 Å². The van der Waals surface area contributed by atoms with Crippen LogP contribution < -0.4 is 18.9 Å². The van der Waals surface area contributed by atoms with Crippen molar-refractivity contribution in [1.29, 1.82) is 0 Å². The van der Waals surface area contributed by atoms with E-state index in [4.69, 9.17) is 23.4 Å². The van der Waals surface area contributed by atoms with E-state index >= 15 is 0 Å². The summed E-state index contributed by atoms with van der Waals surface area (Å²) in [5, 5.41) is 10.2. The van der Waals surface area contributed by atoms with E-state index in [0.29, 0.717) is 39.2 Å². The van der Waals surface area contributed by atoms with Gasteiger partial charge in [0.05, 0.1) is 40.0 Å². The summed E-state index contributed by atoms with van der Waals surface area (Å²) < 4.78 is 27.2. The Kier molecular flexibility index (Phi) is 7.11. The number of aliphatic imine (C=N–C) groups is 1. The van der Waals surface area contributed by atoms with E-state index in [-0.39, 0.29) is 0 Å². The van der Waals surface area contributed by atoms with Crippen molar-refractivity contribution in [2.24, 2.45) is 4.99 Å². The van der Waals surface area contributed by atoms with Gasteiger partial charge in [-0.25, -0.2) is 0 Å². The van der Waals surface area contributed by atoms with Crippen molar-refractivity contribution >= 4 is 28.6 Å². The van der Waals surface area contributed by atoms with Crippen LogP contribution in [0.3, 0.4) is 0 Å². The Morgan fingerprint density at radius 1 is 0.938 bits per heavy atom. The smallest absolute Gasteiger partial charge is 0.276 e. The lowest BCUT2D eigenvalue weighted by Gasteiger charge is -2.12. The summed E-state index contributed by atoms with van der Waals surface area (Å²) in [5.41, 5.74) is 1.80. The number of nitrogens with zero attached hydrogens (tertiary/aromatic N) is 3. The first-order valence-electron chi connectivity index (χ1n) is 9.77. The fourth-order valence-electron chi connectivity index (χ4n) is 3.15. The maximum atomic E-state index is 5.87. The van der Waals surface area contributed by atoms with Crippen LogP contribution in [0.25, 0.3) is 11.5 Å². The third-order valence-electron chi connectivity index (χ3n) is 4.76. The van der Waals surface area contributed by atoms with Gasteiger partial charge in [-0.15, -0.1) is 22.0 Å². The number of aromatic nitrogens is 2. The summed E-state index contributed by atoms with van der Waals surface area (Å²) >= 11 is 3.29. The first kappa shape index (κ1) is 22.3. The Balaban J connectivity index is 1.38. The zero-order chi connectivity index (χ0) is 22.5. The molecule has 0 bridgehead atoms. The topological polar surface area (TPSA) is 88.2 Å². The van der Waals surface area contributed by atoms with Crippen molar-refractivity contribution in [1.82, 2.24) is 10.2 Å². The molecule has 10 heteroatoms. The summed E-state index contributed by atoms with van der Waals surface area (Å²) in [6.45, 7) is 0.757. The van der Waals surface area contributed by atoms with Crippen LogP contribution in [0.2, 0.25) is 0 Å². The Labute approximate surface area is 194 Å². The van der Waals surface area contributed by atoms with Gasteiger partial charge in [-0.05, 0) is 36.4 Å². The Hall–Kier alpha value is -2.85. The second-order valence-corrected chi connectivity index (χ2v) is 8.97. The van der Waals surface area contributed by atoms with Crippen LogP contribution in [-0.4, -0.2) is 61.2 Å². The van der Waals surface area contributed by atoms with E-state index in [9.17, 15) is 0 Å². The zero-order valence-electron chi connectivity index (χ0n) is 18.2. The van der Waals surface area contributed by atoms with E-state index in [0.717, 1.165) is 28.7 Å². The molecule has 0 spiro atoms. The highest BCUT2D eigenvalue weighted by Gasteiger charge is 2.23. The Morgan fingerprint density at radius 2 is 1.66 bits per heavy atom. The summed E-state index contributed by atoms with van der Waals surface area (Å²) in [6.07, 6.45) is 0. The van der Waals surface area contributed by atoms with E-state index in [1.807, 2.05) is 24.3 Å². The van der Waals surface area contributed by atoms with E-state index in [2.05, 4.69) is 15.2 Å². The second-order valence-electron chi connectivity index (χ2n) is 6.71. The normalized spacial score (nSPS) is 15.4. The molecular formula is C22H23N3O5S2. The average Bonchev–Trinajstić information content (AvgIpc) is 3.51. The molecule has 1 atom stereocenters. The van der Waals surface area contributed by atoms with Gasteiger partial charge in [-0.1, -0.05) is 11.8 Å². The number of rotatable bonds is 9. The molecular weight excluding hydrogens is 450 g/mol.